The third-order valence-corrected chi connectivity index (χ3v) is 6.07. The summed E-state index contributed by atoms with van der Waals surface area (Å²) in [6.45, 7) is 6.86. The largest absolute Gasteiger partial charge is 0.356 e. The highest BCUT2D eigenvalue weighted by molar-refractivity contribution is 7.90. The maximum atomic E-state index is 11.6. The van der Waals surface area contributed by atoms with Gasteiger partial charge in [0.15, 0.2) is 5.96 Å². The summed E-state index contributed by atoms with van der Waals surface area (Å²) >= 11 is 0. The van der Waals surface area contributed by atoms with Crippen molar-refractivity contribution in [2.75, 3.05) is 25.6 Å². The van der Waals surface area contributed by atoms with Gasteiger partial charge in [0.05, 0.1) is 11.4 Å². The zero-order chi connectivity index (χ0) is 18.8. The van der Waals surface area contributed by atoms with Crippen molar-refractivity contribution in [3.05, 3.63) is 17.0 Å². The first-order valence-corrected chi connectivity index (χ1v) is 10.8. The Morgan fingerprint density at radius 3 is 2.48 bits per heavy atom. The normalized spacial score (nSPS) is 18.1. The van der Waals surface area contributed by atoms with Gasteiger partial charge in [-0.3, -0.25) is 9.67 Å². The number of aliphatic imine (C=N–C) groups is 1. The molecule has 1 atom stereocenters. The molecule has 0 aliphatic heterocycles. The van der Waals surface area contributed by atoms with Crippen LogP contribution in [0.2, 0.25) is 0 Å². The smallest absolute Gasteiger partial charge is 0.191 e. The van der Waals surface area contributed by atoms with E-state index in [0.717, 1.165) is 25.0 Å². The molecule has 0 radical (unpaired) electrons. The van der Waals surface area contributed by atoms with Crippen LogP contribution in [-0.2, 0) is 23.3 Å². The third-order valence-electron chi connectivity index (χ3n) is 4.93. The van der Waals surface area contributed by atoms with E-state index in [0.29, 0.717) is 12.5 Å². The van der Waals surface area contributed by atoms with Gasteiger partial charge in [-0.05, 0) is 45.6 Å². The topological polar surface area (TPSA) is 88.4 Å². The van der Waals surface area contributed by atoms with E-state index in [9.17, 15) is 8.42 Å². The maximum Gasteiger partial charge on any atom is 0.191 e. The second-order valence-corrected chi connectivity index (χ2v) is 9.66. The lowest BCUT2D eigenvalue weighted by molar-refractivity contribution is 0.525. The molecule has 0 aromatic carbocycles. The SMILES string of the molecule is CN=C(NCC1(CS(C)(=O)=O)CC1)NC(C)Cc1c(C)nn(C)c1C. The predicted molar refractivity (Wildman–Crippen MR) is 102 cm³/mol. The van der Waals surface area contributed by atoms with Crippen molar-refractivity contribution < 1.29 is 8.42 Å². The van der Waals surface area contributed by atoms with Crippen molar-refractivity contribution in [2.24, 2.45) is 17.5 Å². The van der Waals surface area contributed by atoms with Gasteiger partial charge in [0.2, 0.25) is 0 Å². The molecule has 0 bridgehead atoms. The quantitative estimate of drug-likeness (QED) is 0.552. The number of nitrogens with one attached hydrogen (secondary N) is 2. The second-order valence-electron chi connectivity index (χ2n) is 7.52. The first kappa shape index (κ1) is 19.8. The number of nitrogens with zero attached hydrogens (tertiary/aromatic N) is 3. The number of hydrogen-bond acceptors (Lipinski definition) is 4. The Labute approximate surface area is 151 Å². The van der Waals surface area contributed by atoms with E-state index in [1.165, 1.54) is 17.5 Å². The Morgan fingerprint density at radius 2 is 2.04 bits per heavy atom. The van der Waals surface area contributed by atoms with E-state index >= 15 is 0 Å². The van der Waals surface area contributed by atoms with Gasteiger partial charge in [-0.25, -0.2) is 8.42 Å². The van der Waals surface area contributed by atoms with Crippen LogP contribution in [0.4, 0.5) is 0 Å². The van der Waals surface area contributed by atoms with Crippen molar-refractivity contribution in [1.82, 2.24) is 20.4 Å². The van der Waals surface area contributed by atoms with Crippen LogP contribution in [0.25, 0.3) is 0 Å². The fourth-order valence-corrected chi connectivity index (χ4v) is 4.78. The van der Waals surface area contributed by atoms with Crippen LogP contribution in [0, 0.1) is 19.3 Å². The monoisotopic (exact) mass is 369 g/mol. The number of aryl methyl sites for hydroxylation is 2. The summed E-state index contributed by atoms with van der Waals surface area (Å²) in [7, 11) is 0.740. The molecule has 0 spiro atoms. The summed E-state index contributed by atoms with van der Waals surface area (Å²) in [6.07, 6.45) is 4.07. The molecule has 1 aromatic rings. The molecule has 0 amide bonds. The first-order chi connectivity index (χ1) is 11.6. The molecule has 1 saturated carbocycles. The van der Waals surface area contributed by atoms with Gasteiger partial charge < -0.3 is 10.6 Å². The number of rotatable bonds is 7. The van der Waals surface area contributed by atoms with E-state index < -0.39 is 9.84 Å². The Kier molecular flexibility index (Phi) is 5.81. The lowest BCUT2D eigenvalue weighted by Gasteiger charge is -2.21. The van der Waals surface area contributed by atoms with Crippen molar-refractivity contribution in [3.63, 3.8) is 0 Å². The molecule has 25 heavy (non-hydrogen) atoms. The fraction of sp³-hybridized carbons (Fsp3) is 0.765. The van der Waals surface area contributed by atoms with Gasteiger partial charge in [-0.15, -0.1) is 0 Å². The molecule has 1 heterocycles. The third kappa shape index (κ3) is 5.45. The molecular weight excluding hydrogens is 338 g/mol. The first-order valence-electron chi connectivity index (χ1n) is 8.69. The van der Waals surface area contributed by atoms with Gasteiger partial charge in [0.25, 0.3) is 0 Å². The average Bonchev–Trinajstić information content (AvgIpc) is 3.20. The predicted octanol–water partition coefficient (Wildman–Crippen LogP) is 0.958. The maximum absolute atomic E-state index is 11.6. The zero-order valence-electron chi connectivity index (χ0n) is 16.2. The Morgan fingerprint density at radius 1 is 1.40 bits per heavy atom. The Hall–Kier alpha value is -1.57. The lowest BCUT2D eigenvalue weighted by Crippen LogP contribution is -2.45. The molecule has 0 saturated heterocycles. The number of hydrogen-bond donors (Lipinski definition) is 2. The zero-order valence-corrected chi connectivity index (χ0v) is 17.0. The van der Waals surface area contributed by atoms with Gasteiger partial charge in [-0.2, -0.15) is 5.10 Å². The van der Waals surface area contributed by atoms with Gasteiger partial charge >= 0.3 is 0 Å². The van der Waals surface area contributed by atoms with Crippen LogP contribution in [0.1, 0.15) is 36.7 Å². The minimum absolute atomic E-state index is 0.120. The van der Waals surface area contributed by atoms with E-state index in [4.69, 9.17) is 0 Å². The molecule has 142 valence electrons. The standard InChI is InChI=1S/C17H31N5O2S/c1-12(9-15-13(2)21-22(5)14(15)3)20-16(18-4)19-10-17(7-8-17)11-25(6,23)24/h12H,7-11H2,1-6H3,(H2,18,19,20). The number of sulfone groups is 1. The molecule has 7 nitrogen and oxygen atoms in total. The van der Waals surface area contributed by atoms with Crippen LogP contribution in [0.15, 0.2) is 4.99 Å². The number of guanidine groups is 1. The molecular formula is C17H31N5O2S. The van der Waals surface area contributed by atoms with Crippen LogP contribution >= 0.6 is 0 Å². The van der Waals surface area contributed by atoms with Crippen molar-refractivity contribution in [1.29, 1.82) is 0 Å². The lowest BCUT2D eigenvalue weighted by atomic mass is 10.1. The van der Waals surface area contributed by atoms with Crippen LogP contribution in [0.3, 0.4) is 0 Å². The van der Waals surface area contributed by atoms with E-state index in [1.54, 1.807) is 7.05 Å². The summed E-state index contributed by atoms with van der Waals surface area (Å²) < 4.78 is 25.0. The highest BCUT2D eigenvalue weighted by Gasteiger charge is 2.45. The molecule has 2 rings (SSSR count). The summed E-state index contributed by atoms with van der Waals surface area (Å²) in [5.74, 6) is 0.958. The molecule has 2 N–H and O–H groups in total. The fourth-order valence-electron chi connectivity index (χ4n) is 3.27. The van der Waals surface area contributed by atoms with Crippen LogP contribution in [-0.4, -0.2) is 55.8 Å². The number of aromatic nitrogens is 2. The van der Waals surface area contributed by atoms with Gasteiger partial charge in [0, 0.05) is 44.0 Å². The van der Waals surface area contributed by atoms with Crippen LogP contribution in [0.5, 0.6) is 0 Å². The summed E-state index contributed by atoms with van der Waals surface area (Å²) in [5.41, 5.74) is 3.37. The Bertz CT molecular complexity index is 747. The molecule has 8 heteroatoms. The highest BCUT2D eigenvalue weighted by atomic mass is 32.2. The average molecular weight is 370 g/mol. The minimum Gasteiger partial charge on any atom is -0.356 e. The molecule has 1 aromatic heterocycles. The molecule has 1 fully saturated rings. The van der Waals surface area contributed by atoms with Crippen molar-refractivity contribution in [2.45, 2.75) is 46.1 Å². The molecule has 1 aliphatic rings. The molecule has 1 unspecified atom stereocenters. The summed E-state index contributed by atoms with van der Waals surface area (Å²) in [6, 6.07) is 0.192. The van der Waals surface area contributed by atoms with Crippen LogP contribution < -0.4 is 10.6 Å². The molecule has 1 aliphatic carbocycles. The highest BCUT2D eigenvalue weighted by Crippen LogP contribution is 2.45. The van der Waals surface area contributed by atoms with Crippen molar-refractivity contribution in [3.8, 4) is 0 Å². The second kappa shape index (κ2) is 7.35. The summed E-state index contributed by atoms with van der Waals surface area (Å²) in [4.78, 5) is 4.27. The van der Waals surface area contributed by atoms with E-state index in [1.807, 2.05) is 18.7 Å². The van der Waals surface area contributed by atoms with Gasteiger partial charge in [0.1, 0.15) is 9.84 Å². The van der Waals surface area contributed by atoms with Crippen molar-refractivity contribution >= 4 is 15.8 Å². The summed E-state index contributed by atoms with van der Waals surface area (Å²) in [5, 5.41) is 11.2. The van der Waals surface area contributed by atoms with E-state index in [-0.39, 0.29) is 17.2 Å². The minimum atomic E-state index is -2.95. The Balaban J connectivity index is 1.89. The van der Waals surface area contributed by atoms with E-state index in [2.05, 4.69) is 34.6 Å². The van der Waals surface area contributed by atoms with Gasteiger partial charge in [-0.1, -0.05) is 0 Å².